The van der Waals surface area contributed by atoms with E-state index in [1.54, 1.807) is 0 Å². The Hall–Kier alpha value is -1.93. The summed E-state index contributed by atoms with van der Waals surface area (Å²) in [5.41, 5.74) is 2.42. The molecule has 0 bridgehead atoms. The molecule has 0 radical (unpaired) electrons. The van der Waals surface area contributed by atoms with Crippen molar-refractivity contribution in [2.24, 2.45) is 0 Å². The predicted octanol–water partition coefficient (Wildman–Crippen LogP) is 0.823. The van der Waals surface area contributed by atoms with Crippen molar-refractivity contribution in [3.63, 3.8) is 0 Å². The van der Waals surface area contributed by atoms with E-state index in [1.807, 2.05) is 24.3 Å². The van der Waals surface area contributed by atoms with Gasteiger partial charge in [0.05, 0.1) is 19.1 Å². The molecule has 0 saturated carbocycles. The van der Waals surface area contributed by atoms with Gasteiger partial charge in [-0.25, -0.2) is 13.1 Å². The first-order chi connectivity index (χ1) is 12.2. The summed E-state index contributed by atoms with van der Waals surface area (Å²) in [5, 5.41) is 2.85. The lowest BCUT2D eigenvalue weighted by Gasteiger charge is -2.10. The van der Waals surface area contributed by atoms with Gasteiger partial charge in [-0.2, -0.15) is 0 Å². The van der Waals surface area contributed by atoms with Crippen molar-refractivity contribution >= 4 is 27.5 Å². The fourth-order valence-corrected chi connectivity index (χ4v) is 3.68. The highest BCUT2D eigenvalue weighted by Gasteiger charge is 2.18. The van der Waals surface area contributed by atoms with E-state index >= 15 is 0 Å². The maximum Gasteiger partial charge on any atom is 0.251 e. The molecular weight excluding hydrogens is 374 g/mol. The Kier molecular flexibility index (Phi) is 6.77. The van der Waals surface area contributed by atoms with Gasteiger partial charge in [-0.15, -0.1) is 0 Å². The molecule has 0 unspecified atom stereocenters. The van der Waals surface area contributed by atoms with Crippen molar-refractivity contribution in [1.29, 1.82) is 0 Å². The zero-order valence-electron chi connectivity index (χ0n) is 15.0. The van der Waals surface area contributed by atoms with Crippen molar-refractivity contribution in [3.8, 4) is 0 Å². The van der Waals surface area contributed by atoms with E-state index in [0.717, 1.165) is 12.1 Å². The van der Waals surface area contributed by atoms with E-state index < -0.39 is 10.0 Å². The molecule has 0 spiro atoms. The number of sulfonamides is 1. The number of benzene rings is 2. The van der Waals surface area contributed by atoms with Crippen LogP contribution in [0.25, 0.3) is 0 Å². The topological polar surface area (TPSA) is 79.7 Å². The number of amides is 1. The van der Waals surface area contributed by atoms with Crippen molar-refractivity contribution in [2.75, 3.05) is 21.1 Å². The average Bonchev–Trinajstić information content (AvgIpc) is 2.60. The second kappa shape index (κ2) is 8.64. The Balaban J connectivity index is 2.07. The molecule has 2 rings (SSSR count). The van der Waals surface area contributed by atoms with Gasteiger partial charge in [-0.3, -0.25) is 4.79 Å². The number of halogens is 1. The van der Waals surface area contributed by atoms with Crippen molar-refractivity contribution in [3.05, 3.63) is 64.2 Å². The molecule has 0 atom stereocenters. The Morgan fingerprint density at radius 2 is 1.69 bits per heavy atom. The fourth-order valence-electron chi connectivity index (χ4n) is 2.43. The molecule has 3 N–H and O–H groups in total. The van der Waals surface area contributed by atoms with Gasteiger partial charge in [0.2, 0.25) is 10.0 Å². The van der Waals surface area contributed by atoms with Gasteiger partial charge < -0.3 is 10.2 Å². The van der Waals surface area contributed by atoms with Gasteiger partial charge in [0.15, 0.2) is 0 Å². The SMILES string of the molecule is CNS(=O)(=O)c1cc(C(=O)NCc2ccc(C[NH+](C)C)cc2)ccc1Cl. The molecule has 0 aromatic heterocycles. The largest absolute Gasteiger partial charge is 0.348 e. The minimum Gasteiger partial charge on any atom is -0.348 e. The zero-order valence-corrected chi connectivity index (χ0v) is 16.5. The molecule has 8 heteroatoms. The third-order valence-electron chi connectivity index (χ3n) is 3.79. The summed E-state index contributed by atoms with van der Waals surface area (Å²) in [6.07, 6.45) is 0. The average molecular weight is 397 g/mol. The van der Waals surface area contributed by atoms with Crippen molar-refractivity contribution < 1.29 is 18.1 Å². The Bertz CT molecular complexity index is 881. The Labute approximate surface area is 159 Å². The fraction of sp³-hybridized carbons (Fsp3) is 0.278. The van der Waals surface area contributed by atoms with E-state index in [-0.39, 0.29) is 21.4 Å². The van der Waals surface area contributed by atoms with Crippen LogP contribution >= 0.6 is 11.6 Å². The van der Waals surface area contributed by atoms with Gasteiger partial charge >= 0.3 is 0 Å². The molecular formula is C18H23ClN3O3S+. The summed E-state index contributed by atoms with van der Waals surface area (Å²) < 4.78 is 26.1. The lowest BCUT2D eigenvalue weighted by atomic mass is 10.1. The number of hydrogen-bond donors (Lipinski definition) is 3. The van der Waals surface area contributed by atoms with Crippen molar-refractivity contribution in [2.45, 2.75) is 18.0 Å². The number of rotatable bonds is 7. The second-order valence-corrected chi connectivity index (χ2v) is 8.50. The lowest BCUT2D eigenvalue weighted by Crippen LogP contribution is -3.04. The van der Waals surface area contributed by atoms with E-state index in [2.05, 4.69) is 24.1 Å². The van der Waals surface area contributed by atoms with Crippen LogP contribution in [0.15, 0.2) is 47.4 Å². The Morgan fingerprint density at radius 3 is 2.27 bits per heavy atom. The van der Waals surface area contributed by atoms with Gasteiger partial charge in [0, 0.05) is 17.7 Å². The van der Waals surface area contributed by atoms with E-state index in [1.165, 1.54) is 35.7 Å². The number of carbonyl (C=O) groups is 1. The molecule has 1 amide bonds. The minimum absolute atomic E-state index is 0.0644. The summed E-state index contributed by atoms with van der Waals surface area (Å²) >= 11 is 5.94. The first-order valence-electron chi connectivity index (χ1n) is 8.11. The maximum absolute atomic E-state index is 12.3. The zero-order chi connectivity index (χ0) is 19.3. The van der Waals surface area contributed by atoms with Crippen LogP contribution < -0.4 is 14.9 Å². The third-order valence-corrected chi connectivity index (χ3v) is 5.68. The summed E-state index contributed by atoms with van der Waals surface area (Å²) in [6, 6.07) is 12.2. The first-order valence-corrected chi connectivity index (χ1v) is 9.97. The predicted molar refractivity (Wildman–Crippen MR) is 102 cm³/mol. The molecule has 2 aromatic rings. The summed E-state index contributed by atoms with van der Waals surface area (Å²) in [4.78, 5) is 13.6. The maximum atomic E-state index is 12.3. The smallest absolute Gasteiger partial charge is 0.251 e. The Morgan fingerprint density at radius 1 is 1.08 bits per heavy atom. The molecule has 0 aliphatic carbocycles. The normalized spacial score (nSPS) is 11.6. The number of quaternary nitrogens is 1. The van der Waals surface area contributed by atoms with Crippen LogP contribution in [0.4, 0.5) is 0 Å². The van der Waals surface area contributed by atoms with Crippen LogP contribution in [0, 0.1) is 0 Å². The number of hydrogen-bond acceptors (Lipinski definition) is 3. The summed E-state index contributed by atoms with van der Waals surface area (Å²) in [6.45, 7) is 1.28. The molecule has 0 saturated heterocycles. The van der Waals surface area contributed by atoms with Gasteiger partial charge in [-0.05, 0) is 30.8 Å². The van der Waals surface area contributed by atoms with Crippen molar-refractivity contribution in [1.82, 2.24) is 10.0 Å². The van der Waals surface area contributed by atoms with E-state index in [0.29, 0.717) is 6.54 Å². The molecule has 0 aliphatic heterocycles. The quantitative estimate of drug-likeness (QED) is 0.648. The number of nitrogens with one attached hydrogen (secondary N) is 3. The molecule has 140 valence electrons. The highest BCUT2D eigenvalue weighted by Crippen LogP contribution is 2.22. The molecule has 26 heavy (non-hydrogen) atoms. The third kappa shape index (κ3) is 5.28. The lowest BCUT2D eigenvalue weighted by molar-refractivity contribution is -0.872. The van der Waals surface area contributed by atoms with Crippen LogP contribution in [0.5, 0.6) is 0 Å². The standard InChI is InChI=1S/C18H22ClN3O3S/c1-20-26(24,25)17-10-15(8-9-16(17)19)18(23)21-11-13-4-6-14(7-5-13)12-22(2)3/h4-10,20H,11-12H2,1-3H3,(H,21,23)/p+1. The molecule has 0 aliphatic rings. The second-order valence-electron chi connectivity index (χ2n) is 6.24. The van der Waals surface area contributed by atoms with E-state index in [9.17, 15) is 13.2 Å². The van der Waals surface area contributed by atoms with Crippen LogP contribution in [-0.4, -0.2) is 35.5 Å². The molecule has 6 nitrogen and oxygen atoms in total. The summed E-state index contributed by atoms with van der Waals surface area (Å²) in [7, 11) is 1.73. The van der Waals surface area contributed by atoms with E-state index in [4.69, 9.17) is 11.6 Å². The van der Waals surface area contributed by atoms with Crippen LogP contribution in [0.2, 0.25) is 5.02 Å². The highest BCUT2D eigenvalue weighted by molar-refractivity contribution is 7.89. The first kappa shape index (κ1) is 20.4. The van der Waals surface area contributed by atoms with Crippen LogP contribution in [0.3, 0.4) is 0 Å². The van der Waals surface area contributed by atoms with Gasteiger partial charge in [-0.1, -0.05) is 35.9 Å². The molecule has 0 fully saturated rings. The number of carbonyl (C=O) groups excluding carboxylic acids is 1. The molecule has 2 aromatic carbocycles. The highest BCUT2D eigenvalue weighted by atomic mass is 35.5. The van der Waals surface area contributed by atoms with Gasteiger partial charge in [0.25, 0.3) is 5.91 Å². The molecule has 0 heterocycles. The summed E-state index contributed by atoms with van der Waals surface area (Å²) in [5.74, 6) is -0.365. The minimum atomic E-state index is -3.73. The van der Waals surface area contributed by atoms with Crippen LogP contribution in [0.1, 0.15) is 21.5 Å². The van der Waals surface area contributed by atoms with Gasteiger partial charge in [0.1, 0.15) is 11.4 Å². The monoisotopic (exact) mass is 396 g/mol. The van der Waals surface area contributed by atoms with Crippen LogP contribution in [-0.2, 0) is 23.1 Å².